The number of aliphatic hydroxyl groups is 2. The number of hydrogen-bond acceptors (Lipinski definition) is 6. The summed E-state index contributed by atoms with van der Waals surface area (Å²) in [6.45, 7) is 8.89. The molecule has 0 aromatic carbocycles. The molecule has 2 N–H and O–H groups in total. The van der Waals surface area contributed by atoms with E-state index in [1.165, 1.54) is 0 Å². The molecule has 0 aromatic heterocycles. The van der Waals surface area contributed by atoms with Crippen molar-refractivity contribution in [3.8, 4) is 0 Å². The smallest absolute Gasteiger partial charge is 0.334 e. The minimum absolute atomic E-state index is 0.0171. The van der Waals surface area contributed by atoms with Crippen molar-refractivity contribution in [2.45, 2.75) is 77.8 Å². The molecular formula is C20H28O6. The zero-order chi connectivity index (χ0) is 19.4. The highest BCUT2D eigenvalue weighted by atomic mass is 16.6. The summed E-state index contributed by atoms with van der Waals surface area (Å²) in [5, 5.41) is 22.2. The number of carbonyl (C=O) groups is 2. The van der Waals surface area contributed by atoms with Crippen LogP contribution in [-0.2, 0) is 19.1 Å². The molecule has 3 rings (SSSR count). The molecule has 6 nitrogen and oxygen atoms in total. The Morgan fingerprint density at radius 3 is 2.62 bits per heavy atom. The Balaban J connectivity index is 2.15. The number of fused-ring (bicyclic) bond motifs is 2. The quantitative estimate of drug-likeness (QED) is 0.575. The molecule has 1 aliphatic heterocycles. The van der Waals surface area contributed by atoms with Crippen LogP contribution in [0.4, 0.5) is 0 Å². The van der Waals surface area contributed by atoms with Gasteiger partial charge in [-0.25, -0.2) is 9.59 Å². The third-order valence-corrected chi connectivity index (χ3v) is 7.06. The molecule has 1 heterocycles. The predicted octanol–water partition coefficient (Wildman–Crippen LogP) is 2.04. The highest BCUT2D eigenvalue weighted by molar-refractivity contribution is 5.92. The van der Waals surface area contributed by atoms with E-state index in [0.29, 0.717) is 29.6 Å². The normalized spacial score (nSPS) is 42.9. The second kappa shape index (κ2) is 6.20. The van der Waals surface area contributed by atoms with Gasteiger partial charge < -0.3 is 19.7 Å². The molecule has 0 aromatic rings. The van der Waals surface area contributed by atoms with Crippen LogP contribution in [0.5, 0.6) is 0 Å². The third-order valence-electron chi connectivity index (χ3n) is 7.06. The van der Waals surface area contributed by atoms with Crippen LogP contribution in [0.1, 0.15) is 53.9 Å². The Kier molecular flexibility index (Phi) is 4.56. The van der Waals surface area contributed by atoms with Crippen molar-refractivity contribution < 1.29 is 29.3 Å². The van der Waals surface area contributed by atoms with Gasteiger partial charge in [0.1, 0.15) is 6.10 Å². The Hall–Kier alpha value is -1.66. The summed E-state index contributed by atoms with van der Waals surface area (Å²) in [6.07, 6.45) is 0.327. The second-order valence-corrected chi connectivity index (χ2v) is 8.11. The molecule has 0 radical (unpaired) electrons. The van der Waals surface area contributed by atoms with Crippen LogP contribution >= 0.6 is 0 Å². The Morgan fingerprint density at radius 1 is 1.35 bits per heavy atom. The molecule has 0 unspecified atom stereocenters. The van der Waals surface area contributed by atoms with E-state index in [4.69, 9.17) is 9.47 Å². The van der Waals surface area contributed by atoms with Crippen LogP contribution < -0.4 is 0 Å². The average Bonchev–Trinajstić information content (AvgIpc) is 2.88. The number of rotatable bonds is 2. The Labute approximate surface area is 153 Å². The lowest BCUT2D eigenvalue weighted by molar-refractivity contribution is -0.262. The maximum absolute atomic E-state index is 12.6. The minimum Gasteiger partial charge on any atom is -0.454 e. The van der Waals surface area contributed by atoms with E-state index >= 15 is 0 Å². The first kappa shape index (κ1) is 19.1. The summed E-state index contributed by atoms with van der Waals surface area (Å²) in [5.41, 5.74) is -0.823. The van der Waals surface area contributed by atoms with Crippen LogP contribution in [0, 0.1) is 11.3 Å². The van der Waals surface area contributed by atoms with Gasteiger partial charge in [0.05, 0.1) is 12.2 Å². The van der Waals surface area contributed by atoms with Crippen molar-refractivity contribution >= 4 is 11.9 Å². The van der Waals surface area contributed by atoms with Crippen LogP contribution in [0.2, 0.25) is 0 Å². The molecule has 6 heteroatoms. The van der Waals surface area contributed by atoms with Crippen molar-refractivity contribution in [2.75, 3.05) is 0 Å². The van der Waals surface area contributed by atoms with Gasteiger partial charge in [-0.05, 0) is 39.5 Å². The van der Waals surface area contributed by atoms with E-state index in [0.717, 1.165) is 0 Å². The largest absolute Gasteiger partial charge is 0.454 e. The van der Waals surface area contributed by atoms with E-state index in [-0.39, 0.29) is 12.3 Å². The standard InChI is InChI=1S/C20H28O6/c1-6-10(2)17(23)26-20-9-13-15(12(4)18(24)25-13)16(22)19(20,5)11(3)7-8-14(20)21/h6,11,13-14,16,21-22H,7-9H2,1-5H3/b10-6-/t11-,13-,14+,16+,19-,20+/m0/s1. The Bertz CT molecular complexity index is 707. The highest BCUT2D eigenvalue weighted by Crippen LogP contribution is 2.60. The maximum atomic E-state index is 12.6. The lowest BCUT2D eigenvalue weighted by Crippen LogP contribution is -2.71. The molecule has 0 saturated heterocycles. The zero-order valence-electron chi connectivity index (χ0n) is 16.0. The van der Waals surface area contributed by atoms with Gasteiger partial charge in [0, 0.05) is 28.6 Å². The summed E-state index contributed by atoms with van der Waals surface area (Å²) in [7, 11) is 0. The molecule has 144 valence electrons. The molecule has 0 bridgehead atoms. The minimum atomic E-state index is -1.31. The van der Waals surface area contributed by atoms with E-state index in [1.807, 2.05) is 13.8 Å². The Morgan fingerprint density at radius 2 is 2.00 bits per heavy atom. The SMILES string of the molecule is C/C=C(/C)C(=O)O[C@@]12C[C@@H]3OC(=O)C(C)=C3[C@@H](O)[C@]1(C)[C@@H](C)CC[C@H]2O. The van der Waals surface area contributed by atoms with Gasteiger partial charge in [0.25, 0.3) is 0 Å². The number of carbonyl (C=O) groups excluding carboxylic acids is 2. The first-order valence-electron chi connectivity index (χ1n) is 9.24. The van der Waals surface area contributed by atoms with E-state index < -0.39 is 41.3 Å². The second-order valence-electron chi connectivity index (χ2n) is 8.11. The van der Waals surface area contributed by atoms with Crippen molar-refractivity contribution in [2.24, 2.45) is 11.3 Å². The fourth-order valence-electron chi connectivity index (χ4n) is 4.93. The molecule has 2 aliphatic carbocycles. The average molecular weight is 364 g/mol. The summed E-state index contributed by atoms with van der Waals surface area (Å²) in [4.78, 5) is 24.7. The monoisotopic (exact) mass is 364 g/mol. The summed E-state index contributed by atoms with van der Waals surface area (Å²) in [5.74, 6) is -0.997. The molecular weight excluding hydrogens is 336 g/mol. The summed E-state index contributed by atoms with van der Waals surface area (Å²) < 4.78 is 11.4. The van der Waals surface area contributed by atoms with E-state index in [1.54, 1.807) is 26.8 Å². The topological polar surface area (TPSA) is 93.1 Å². The molecule has 0 spiro atoms. The van der Waals surface area contributed by atoms with Crippen molar-refractivity contribution in [1.82, 2.24) is 0 Å². The van der Waals surface area contributed by atoms with Gasteiger partial charge >= 0.3 is 11.9 Å². The zero-order valence-corrected chi connectivity index (χ0v) is 16.0. The first-order chi connectivity index (χ1) is 12.1. The lowest BCUT2D eigenvalue weighted by atomic mass is 9.49. The number of ether oxygens (including phenoxy) is 2. The molecule has 26 heavy (non-hydrogen) atoms. The van der Waals surface area contributed by atoms with Gasteiger partial charge in [0.15, 0.2) is 5.60 Å². The van der Waals surface area contributed by atoms with Gasteiger partial charge in [-0.15, -0.1) is 0 Å². The van der Waals surface area contributed by atoms with Crippen LogP contribution in [0.15, 0.2) is 22.8 Å². The first-order valence-corrected chi connectivity index (χ1v) is 9.24. The molecule has 3 aliphatic rings. The van der Waals surface area contributed by atoms with Gasteiger partial charge in [-0.1, -0.05) is 19.9 Å². The van der Waals surface area contributed by atoms with Crippen molar-refractivity contribution in [1.29, 1.82) is 0 Å². The highest BCUT2D eigenvalue weighted by Gasteiger charge is 2.69. The third kappa shape index (κ3) is 2.31. The number of esters is 2. The van der Waals surface area contributed by atoms with Crippen LogP contribution in [0.3, 0.4) is 0 Å². The van der Waals surface area contributed by atoms with E-state index in [9.17, 15) is 19.8 Å². The van der Waals surface area contributed by atoms with E-state index in [2.05, 4.69) is 0 Å². The molecule has 2 fully saturated rings. The van der Waals surface area contributed by atoms with Crippen molar-refractivity contribution in [3.05, 3.63) is 22.8 Å². The lowest BCUT2D eigenvalue weighted by Gasteiger charge is -2.61. The van der Waals surface area contributed by atoms with Crippen LogP contribution in [0.25, 0.3) is 0 Å². The van der Waals surface area contributed by atoms with Crippen molar-refractivity contribution in [3.63, 3.8) is 0 Å². The predicted molar refractivity (Wildman–Crippen MR) is 94.0 cm³/mol. The summed E-state index contributed by atoms with van der Waals surface area (Å²) in [6, 6.07) is 0. The molecule has 2 saturated carbocycles. The van der Waals surface area contributed by atoms with Gasteiger partial charge in [-0.2, -0.15) is 0 Å². The maximum Gasteiger partial charge on any atom is 0.334 e. The number of aliphatic hydroxyl groups excluding tert-OH is 2. The van der Waals surface area contributed by atoms with Gasteiger partial charge in [-0.3, -0.25) is 0 Å². The fraction of sp³-hybridized carbons (Fsp3) is 0.700. The number of hydrogen-bond donors (Lipinski definition) is 2. The summed E-state index contributed by atoms with van der Waals surface area (Å²) >= 11 is 0. The number of allylic oxidation sites excluding steroid dienone is 1. The molecule has 0 amide bonds. The fourth-order valence-corrected chi connectivity index (χ4v) is 4.93. The molecule has 6 atom stereocenters. The van der Waals surface area contributed by atoms with Gasteiger partial charge in [0.2, 0.25) is 0 Å². The van der Waals surface area contributed by atoms with Crippen LogP contribution in [-0.4, -0.2) is 46.1 Å².